The minimum Gasteiger partial charge on any atom is -0.382 e. The molecule has 19 heavy (non-hydrogen) atoms. The first-order chi connectivity index (χ1) is 9.13. The molecule has 1 aliphatic heterocycles. The molecular formula is C15H32N2O2. The first-order valence-corrected chi connectivity index (χ1v) is 7.67. The Kier molecular flexibility index (Phi) is 8.62. The van der Waals surface area contributed by atoms with Crippen molar-refractivity contribution in [1.82, 2.24) is 10.2 Å². The summed E-state index contributed by atoms with van der Waals surface area (Å²) in [6, 6.07) is 1.30. The number of hydrogen-bond donors (Lipinski definition) is 1. The van der Waals surface area contributed by atoms with E-state index in [9.17, 15) is 0 Å². The fourth-order valence-electron chi connectivity index (χ4n) is 2.70. The van der Waals surface area contributed by atoms with Crippen LogP contribution in [0.25, 0.3) is 0 Å². The van der Waals surface area contributed by atoms with Gasteiger partial charge in [-0.15, -0.1) is 0 Å². The van der Waals surface area contributed by atoms with E-state index >= 15 is 0 Å². The monoisotopic (exact) mass is 272 g/mol. The Morgan fingerprint density at radius 1 is 1.26 bits per heavy atom. The van der Waals surface area contributed by atoms with Crippen molar-refractivity contribution >= 4 is 0 Å². The normalized spacial score (nSPS) is 25.1. The largest absolute Gasteiger partial charge is 0.382 e. The van der Waals surface area contributed by atoms with Crippen molar-refractivity contribution in [2.75, 3.05) is 46.6 Å². The second kappa shape index (κ2) is 9.70. The Morgan fingerprint density at radius 3 is 2.74 bits per heavy atom. The van der Waals surface area contributed by atoms with E-state index < -0.39 is 0 Å². The van der Waals surface area contributed by atoms with Crippen molar-refractivity contribution in [3.8, 4) is 0 Å². The van der Waals surface area contributed by atoms with Crippen LogP contribution < -0.4 is 5.32 Å². The number of rotatable bonds is 9. The Bertz CT molecular complexity index is 224. The SMILES string of the molecule is COCCOCCCN1CC(C)NCC1CC(C)C. The number of nitrogens with zero attached hydrogens (tertiary/aromatic N) is 1. The summed E-state index contributed by atoms with van der Waals surface area (Å²) in [4.78, 5) is 2.64. The second-order valence-electron chi connectivity index (χ2n) is 6.05. The summed E-state index contributed by atoms with van der Waals surface area (Å²) in [5.41, 5.74) is 0. The topological polar surface area (TPSA) is 33.7 Å². The molecule has 0 saturated carbocycles. The smallest absolute Gasteiger partial charge is 0.0700 e. The number of ether oxygens (including phenoxy) is 2. The lowest BCUT2D eigenvalue weighted by atomic mass is 9.99. The van der Waals surface area contributed by atoms with E-state index in [1.54, 1.807) is 7.11 Å². The number of piperazine rings is 1. The van der Waals surface area contributed by atoms with Gasteiger partial charge in [-0.05, 0) is 25.7 Å². The molecule has 1 N–H and O–H groups in total. The van der Waals surface area contributed by atoms with E-state index in [1.807, 2.05) is 0 Å². The molecule has 0 aromatic heterocycles. The van der Waals surface area contributed by atoms with Gasteiger partial charge in [-0.25, -0.2) is 0 Å². The number of hydrogen-bond acceptors (Lipinski definition) is 4. The summed E-state index contributed by atoms with van der Waals surface area (Å²) >= 11 is 0. The van der Waals surface area contributed by atoms with Crippen LogP contribution in [0.4, 0.5) is 0 Å². The highest BCUT2D eigenvalue weighted by atomic mass is 16.5. The molecule has 4 nitrogen and oxygen atoms in total. The van der Waals surface area contributed by atoms with Gasteiger partial charge in [-0.1, -0.05) is 13.8 Å². The Balaban J connectivity index is 2.22. The Morgan fingerprint density at radius 2 is 2.05 bits per heavy atom. The van der Waals surface area contributed by atoms with E-state index in [-0.39, 0.29) is 0 Å². The van der Waals surface area contributed by atoms with Crippen molar-refractivity contribution in [3.63, 3.8) is 0 Å². The zero-order valence-corrected chi connectivity index (χ0v) is 13.2. The van der Waals surface area contributed by atoms with Gasteiger partial charge < -0.3 is 14.8 Å². The molecule has 0 aliphatic carbocycles. The van der Waals surface area contributed by atoms with Gasteiger partial charge in [0.05, 0.1) is 13.2 Å². The molecule has 0 spiro atoms. The van der Waals surface area contributed by atoms with Crippen LogP contribution in [0.1, 0.15) is 33.6 Å². The van der Waals surface area contributed by atoms with E-state index in [1.165, 1.54) is 6.42 Å². The molecule has 0 aromatic rings. The van der Waals surface area contributed by atoms with Gasteiger partial charge in [0.25, 0.3) is 0 Å². The summed E-state index contributed by atoms with van der Waals surface area (Å²) in [6.07, 6.45) is 2.40. The van der Waals surface area contributed by atoms with Crippen molar-refractivity contribution in [3.05, 3.63) is 0 Å². The molecule has 1 saturated heterocycles. The Hall–Kier alpha value is -0.160. The predicted octanol–water partition coefficient (Wildman–Crippen LogP) is 1.75. The predicted molar refractivity (Wildman–Crippen MR) is 79.6 cm³/mol. The fourth-order valence-corrected chi connectivity index (χ4v) is 2.70. The maximum Gasteiger partial charge on any atom is 0.0700 e. The molecule has 1 rings (SSSR count). The van der Waals surface area contributed by atoms with Crippen molar-refractivity contribution in [2.24, 2.45) is 5.92 Å². The maximum atomic E-state index is 5.54. The van der Waals surface area contributed by atoms with Crippen LogP contribution in [0, 0.1) is 5.92 Å². The lowest BCUT2D eigenvalue weighted by Crippen LogP contribution is -2.56. The molecule has 1 heterocycles. The van der Waals surface area contributed by atoms with Gasteiger partial charge in [0, 0.05) is 45.4 Å². The summed E-state index contributed by atoms with van der Waals surface area (Å²) < 4.78 is 10.5. The van der Waals surface area contributed by atoms with Crippen LogP contribution in [0.2, 0.25) is 0 Å². The quantitative estimate of drug-likeness (QED) is 0.648. The van der Waals surface area contributed by atoms with Crippen LogP contribution >= 0.6 is 0 Å². The van der Waals surface area contributed by atoms with Crippen molar-refractivity contribution in [2.45, 2.75) is 45.7 Å². The number of nitrogens with one attached hydrogen (secondary N) is 1. The summed E-state index contributed by atoms with van der Waals surface area (Å²) in [7, 11) is 1.71. The molecule has 0 amide bonds. The minimum absolute atomic E-state index is 0.609. The van der Waals surface area contributed by atoms with E-state index in [2.05, 4.69) is 31.0 Å². The summed E-state index contributed by atoms with van der Waals surface area (Å²) in [6.45, 7) is 12.6. The minimum atomic E-state index is 0.609. The zero-order chi connectivity index (χ0) is 14.1. The highest BCUT2D eigenvalue weighted by molar-refractivity contribution is 4.84. The maximum absolute atomic E-state index is 5.54. The lowest BCUT2D eigenvalue weighted by Gasteiger charge is -2.40. The van der Waals surface area contributed by atoms with Gasteiger partial charge >= 0.3 is 0 Å². The molecule has 2 atom stereocenters. The van der Waals surface area contributed by atoms with Crippen molar-refractivity contribution in [1.29, 1.82) is 0 Å². The van der Waals surface area contributed by atoms with Crippen LogP contribution in [0.3, 0.4) is 0 Å². The summed E-state index contributed by atoms with van der Waals surface area (Å²) in [5.74, 6) is 0.764. The third-order valence-corrected chi connectivity index (χ3v) is 3.64. The fraction of sp³-hybridized carbons (Fsp3) is 1.00. The molecule has 114 valence electrons. The first kappa shape index (κ1) is 16.9. The van der Waals surface area contributed by atoms with Gasteiger partial charge in [-0.3, -0.25) is 4.90 Å². The molecule has 0 radical (unpaired) electrons. The molecule has 1 aliphatic rings. The van der Waals surface area contributed by atoms with Crippen LogP contribution in [0.15, 0.2) is 0 Å². The summed E-state index contributed by atoms with van der Waals surface area (Å²) in [5, 5.41) is 3.60. The molecule has 1 fully saturated rings. The third-order valence-electron chi connectivity index (χ3n) is 3.64. The number of methoxy groups -OCH3 is 1. The Labute approximate surface area is 118 Å². The van der Waals surface area contributed by atoms with E-state index in [0.29, 0.717) is 25.3 Å². The van der Waals surface area contributed by atoms with Gasteiger partial charge in [-0.2, -0.15) is 0 Å². The van der Waals surface area contributed by atoms with Gasteiger partial charge in [0.15, 0.2) is 0 Å². The van der Waals surface area contributed by atoms with Gasteiger partial charge in [0.2, 0.25) is 0 Å². The van der Waals surface area contributed by atoms with Gasteiger partial charge in [0.1, 0.15) is 0 Å². The molecule has 4 heteroatoms. The third kappa shape index (κ3) is 7.25. The van der Waals surface area contributed by atoms with Crippen LogP contribution in [-0.4, -0.2) is 63.5 Å². The first-order valence-electron chi connectivity index (χ1n) is 7.67. The lowest BCUT2D eigenvalue weighted by molar-refractivity contribution is 0.0563. The zero-order valence-electron chi connectivity index (χ0n) is 13.2. The van der Waals surface area contributed by atoms with Crippen molar-refractivity contribution < 1.29 is 9.47 Å². The molecule has 2 unspecified atom stereocenters. The molecule has 0 bridgehead atoms. The van der Waals surface area contributed by atoms with Crippen LogP contribution in [0.5, 0.6) is 0 Å². The second-order valence-corrected chi connectivity index (χ2v) is 6.05. The van der Waals surface area contributed by atoms with E-state index in [0.717, 1.165) is 38.6 Å². The van der Waals surface area contributed by atoms with Crippen LogP contribution in [-0.2, 0) is 9.47 Å². The standard InChI is InChI=1S/C15H32N2O2/c1-13(2)10-15-11-16-14(3)12-17(15)6-5-7-19-9-8-18-4/h13-16H,5-12H2,1-4H3. The average molecular weight is 272 g/mol. The molecule has 0 aromatic carbocycles. The highest BCUT2D eigenvalue weighted by Crippen LogP contribution is 2.15. The average Bonchev–Trinajstić information content (AvgIpc) is 2.36. The highest BCUT2D eigenvalue weighted by Gasteiger charge is 2.25. The molecular weight excluding hydrogens is 240 g/mol. The van der Waals surface area contributed by atoms with E-state index in [4.69, 9.17) is 9.47 Å².